The maximum atomic E-state index is 2.29. The summed E-state index contributed by atoms with van der Waals surface area (Å²) in [6, 6.07) is 38.2. The number of anilines is 3. The van der Waals surface area contributed by atoms with Gasteiger partial charge in [-0.2, -0.15) is 0 Å². The molecular weight excluding hydrogens is 338 g/mol. The van der Waals surface area contributed by atoms with Gasteiger partial charge in [0.1, 0.15) is 0 Å². The fourth-order valence-electron chi connectivity index (χ4n) is 3.28. The molecule has 136 valence electrons. The average molecular weight is 361 g/mol. The molecular formula is C27H23N. The lowest BCUT2D eigenvalue weighted by Gasteiger charge is -2.25. The van der Waals surface area contributed by atoms with Crippen molar-refractivity contribution in [3.05, 3.63) is 126 Å². The van der Waals surface area contributed by atoms with Gasteiger partial charge in [-0.3, -0.25) is 0 Å². The van der Waals surface area contributed by atoms with Crippen molar-refractivity contribution in [3.8, 4) is 0 Å². The fraction of sp³-hybridized carbons (Fsp3) is 0.0370. The first-order valence-electron chi connectivity index (χ1n) is 9.55. The first-order valence-corrected chi connectivity index (χ1v) is 9.55. The van der Waals surface area contributed by atoms with E-state index in [2.05, 4.69) is 127 Å². The van der Waals surface area contributed by atoms with Crippen LogP contribution in [0.5, 0.6) is 0 Å². The Morgan fingerprint density at radius 2 is 1.04 bits per heavy atom. The van der Waals surface area contributed by atoms with Gasteiger partial charge in [-0.15, -0.1) is 0 Å². The Hall–Kier alpha value is -3.58. The van der Waals surface area contributed by atoms with Crippen LogP contribution in [0.25, 0.3) is 12.2 Å². The highest BCUT2D eigenvalue weighted by atomic mass is 15.1. The van der Waals surface area contributed by atoms with E-state index in [0.29, 0.717) is 0 Å². The predicted octanol–water partition coefficient (Wildman–Crippen LogP) is 7.64. The molecule has 0 aliphatic rings. The third kappa shape index (κ3) is 4.21. The first-order chi connectivity index (χ1) is 13.8. The van der Waals surface area contributed by atoms with E-state index in [9.17, 15) is 0 Å². The molecule has 0 atom stereocenters. The second kappa shape index (κ2) is 8.41. The molecule has 0 fully saturated rings. The summed E-state index contributed by atoms with van der Waals surface area (Å²) in [5, 5.41) is 0. The molecule has 0 aromatic heterocycles. The molecule has 28 heavy (non-hydrogen) atoms. The highest BCUT2D eigenvalue weighted by Gasteiger charge is 2.11. The van der Waals surface area contributed by atoms with Crippen LogP contribution in [-0.2, 0) is 0 Å². The number of aryl methyl sites for hydroxylation is 1. The molecule has 4 aromatic carbocycles. The van der Waals surface area contributed by atoms with Crippen molar-refractivity contribution >= 4 is 29.2 Å². The van der Waals surface area contributed by atoms with Crippen molar-refractivity contribution in [2.45, 2.75) is 6.92 Å². The highest BCUT2D eigenvalue weighted by molar-refractivity contribution is 5.78. The van der Waals surface area contributed by atoms with E-state index in [1.165, 1.54) is 22.4 Å². The summed E-state index contributed by atoms with van der Waals surface area (Å²) in [5.41, 5.74) is 7.11. The van der Waals surface area contributed by atoms with Gasteiger partial charge in [0.25, 0.3) is 0 Å². The molecule has 0 aliphatic carbocycles. The van der Waals surface area contributed by atoms with Crippen molar-refractivity contribution in [2.75, 3.05) is 4.90 Å². The Labute approximate surface area is 167 Å². The minimum absolute atomic E-state index is 1.15. The minimum atomic E-state index is 1.15. The second-order valence-electron chi connectivity index (χ2n) is 6.85. The normalized spacial score (nSPS) is 10.9. The summed E-state index contributed by atoms with van der Waals surface area (Å²) in [7, 11) is 0. The number of rotatable bonds is 5. The fourth-order valence-corrected chi connectivity index (χ4v) is 3.28. The Balaban J connectivity index is 1.66. The molecule has 0 amide bonds. The largest absolute Gasteiger partial charge is 0.310 e. The first kappa shape index (κ1) is 17.8. The molecule has 0 spiro atoms. The maximum absolute atomic E-state index is 2.29. The van der Waals surface area contributed by atoms with Crippen molar-refractivity contribution in [1.29, 1.82) is 0 Å². The molecule has 4 aromatic rings. The molecule has 0 saturated heterocycles. The summed E-state index contributed by atoms with van der Waals surface area (Å²) >= 11 is 0. The quantitative estimate of drug-likeness (QED) is 0.330. The Bertz CT molecular complexity index is 1050. The van der Waals surface area contributed by atoms with Gasteiger partial charge in [0.2, 0.25) is 0 Å². The van der Waals surface area contributed by atoms with Gasteiger partial charge >= 0.3 is 0 Å². The van der Waals surface area contributed by atoms with Crippen LogP contribution >= 0.6 is 0 Å². The van der Waals surface area contributed by atoms with Crippen LogP contribution in [0.4, 0.5) is 17.1 Å². The van der Waals surface area contributed by atoms with Gasteiger partial charge in [0.15, 0.2) is 0 Å². The van der Waals surface area contributed by atoms with Gasteiger partial charge in [-0.25, -0.2) is 0 Å². The molecule has 0 heterocycles. The zero-order chi connectivity index (χ0) is 19.2. The van der Waals surface area contributed by atoms with Gasteiger partial charge in [-0.05, 0) is 60.0 Å². The van der Waals surface area contributed by atoms with E-state index < -0.39 is 0 Å². The Morgan fingerprint density at radius 1 is 0.500 bits per heavy atom. The number of nitrogens with zero attached hydrogens (tertiary/aromatic N) is 1. The SMILES string of the molecule is Cc1cccc(N(c2ccccc2)c2ccc(/C=C/c3ccccc3)cc2)c1. The predicted molar refractivity (Wildman–Crippen MR) is 121 cm³/mol. The van der Waals surface area contributed by atoms with E-state index in [1.54, 1.807) is 0 Å². The van der Waals surface area contributed by atoms with Crippen molar-refractivity contribution in [1.82, 2.24) is 0 Å². The van der Waals surface area contributed by atoms with Crippen molar-refractivity contribution in [2.24, 2.45) is 0 Å². The van der Waals surface area contributed by atoms with Crippen molar-refractivity contribution < 1.29 is 0 Å². The van der Waals surface area contributed by atoms with Crippen LogP contribution in [0, 0.1) is 6.92 Å². The number of benzene rings is 4. The van der Waals surface area contributed by atoms with Crippen LogP contribution in [0.1, 0.15) is 16.7 Å². The molecule has 0 N–H and O–H groups in total. The van der Waals surface area contributed by atoms with Crippen LogP contribution in [0.3, 0.4) is 0 Å². The zero-order valence-corrected chi connectivity index (χ0v) is 16.0. The molecule has 0 bridgehead atoms. The van der Waals surface area contributed by atoms with E-state index in [4.69, 9.17) is 0 Å². The summed E-state index contributed by atoms with van der Waals surface area (Å²) in [6.45, 7) is 2.13. The third-order valence-electron chi connectivity index (χ3n) is 4.69. The highest BCUT2D eigenvalue weighted by Crippen LogP contribution is 2.34. The standard InChI is InChI=1S/C27H23N/c1-22-9-8-14-27(21-22)28(25-12-6-3-7-13-25)26-19-17-24(18-20-26)16-15-23-10-4-2-5-11-23/h2-21H,1H3/b16-15+. The van der Waals surface area contributed by atoms with Crippen LogP contribution in [0.15, 0.2) is 109 Å². The monoisotopic (exact) mass is 361 g/mol. The van der Waals surface area contributed by atoms with Crippen molar-refractivity contribution in [3.63, 3.8) is 0 Å². The lowest BCUT2D eigenvalue weighted by Crippen LogP contribution is -2.09. The summed E-state index contributed by atoms with van der Waals surface area (Å²) in [5.74, 6) is 0. The molecule has 0 saturated carbocycles. The Kier molecular flexibility index (Phi) is 5.35. The minimum Gasteiger partial charge on any atom is -0.310 e. The van der Waals surface area contributed by atoms with Crippen LogP contribution < -0.4 is 4.90 Å². The molecule has 1 nitrogen and oxygen atoms in total. The maximum Gasteiger partial charge on any atom is 0.0464 e. The molecule has 1 heteroatoms. The summed E-state index contributed by atoms with van der Waals surface area (Å²) < 4.78 is 0. The molecule has 0 radical (unpaired) electrons. The smallest absolute Gasteiger partial charge is 0.0464 e. The van der Waals surface area contributed by atoms with Gasteiger partial charge in [0, 0.05) is 17.1 Å². The van der Waals surface area contributed by atoms with E-state index >= 15 is 0 Å². The van der Waals surface area contributed by atoms with E-state index in [-0.39, 0.29) is 0 Å². The molecule has 0 unspecified atom stereocenters. The van der Waals surface area contributed by atoms with Gasteiger partial charge in [-0.1, -0.05) is 84.9 Å². The lowest BCUT2D eigenvalue weighted by molar-refractivity contribution is 1.27. The summed E-state index contributed by atoms with van der Waals surface area (Å²) in [4.78, 5) is 2.29. The van der Waals surface area contributed by atoms with E-state index in [1.807, 2.05) is 6.07 Å². The number of hydrogen-bond donors (Lipinski definition) is 0. The zero-order valence-electron chi connectivity index (χ0n) is 16.0. The second-order valence-corrected chi connectivity index (χ2v) is 6.85. The van der Waals surface area contributed by atoms with Crippen LogP contribution in [0.2, 0.25) is 0 Å². The summed E-state index contributed by atoms with van der Waals surface area (Å²) in [6.07, 6.45) is 4.29. The van der Waals surface area contributed by atoms with Crippen LogP contribution in [-0.4, -0.2) is 0 Å². The average Bonchev–Trinajstić information content (AvgIpc) is 2.75. The molecule has 0 aliphatic heterocycles. The third-order valence-corrected chi connectivity index (χ3v) is 4.69. The number of hydrogen-bond acceptors (Lipinski definition) is 1. The Morgan fingerprint density at radius 3 is 1.68 bits per heavy atom. The number of para-hydroxylation sites is 1. The van der Waals surface area contributed by atoms with E-state index in [0.717, 1.165) is 11.4 Å². The molecule has 4 rings (SSSR count). The lowest BCUT2D eigenvalue weighted by atomic mass is 10.1. The van der Waals surface area contributed by atoms with Gasteiger partial charge in [0.05, 0.1) is 0 Å². The van der Waals surface area contributed by atoms with Gasteiger partial charge < -0.3 is 4.90 Å². The topological polar surface area (TPSA) is 3.24 Å².